The van der Waals surface area contributed by atoms with Gasteiger partial charge in [-0.05, 0) is 43.0 Å². The Kier molecular flexibility index (Phi) is 6.36. The number of piperidine rings is 1. The fraction of sp³-hybridized carbons (Fsp3) is 0.381. The molecule has 0 aromatic heterocycles. The fourth-order valence-corrected chi connectivity index (χ4v) is 5.05. The SMILES string of the molecule is COc1ccc(C)cc1NC(=O)[C@H]1CCCN(S(=O)(=O)Cc2ccccc2)C1. The zero-order valence-electron chi connectivity index (χ0n) is 16.2. The molecule has 6 nitrogen and oxygen atoms in total. The second-order valence-electron chi connectivity index (χ2n) is 7.13. The predicted molar refractivity (Wildman–Crippen MR) is 110 cm³/mol. The highest BCUT2D eigenvalue weighted by atomic mass is 32.2. The first-order valence-corrected chi connectivity index (χ1v) is 11.0. The molecule has 0 aliphatic carbocycles. The maximum absolute atomic E-state index is 12.8. The van der Waals surface area contributed by atoms with Crippen molar-refractivity contribution in [3.05, 3.63) is 59.7 Å². The zero-order chi connectivity index (χ0) is 20.1. The summed E-state index contributed by atoms with van der Waals surface area (Å²) >= 11 is 0. The lowest BCUT2D eigenvalue weighted by Gasteiger charge is -2.31. The number of nitrogens with zero attached hydrogens (tertiary/aromatic N) is 1. The van der Waals surface area contributed by atoms with E-state index in [-0.39, 0.29) is 24.1 Å². The predicted octanol–water partition coefficient (Wildman–Crippen LogP) is 3.18. The van der Waals surface area contributed by atoms with E-state index >= 15 is 0 Å². The molecule has 1 aliphatic heterocycles. The Morgan fingerprint density at radius 2 is 1.96 bits per heavy atom. The highest BCUT2D eigenvalue weighted by Gasteiger charge is 2.32. The number of hydrogen-bond donors (Lipinski definition) is 1. The van der Waals surface area contributed by atoms with Crippen LogP contribution in [0.5, 0.6) is 5.75 Å². The van der Waals surface area contributed by atoms with Crippen LogP contribution in [-0.4, -0.2) is 38.8 Å². The summed E-state index contributed by atoms with van der Waals surface area (Å²) in [5.74, 6) is -0.0233. The molecule has 1 fully saturated rings. The first kappa shape index (κ1) is 20.4. The van der Waals surface area contributed by atoms with E-state index in [0.717, 1.165) is 11.1 Å². The Hall–Kier alpha value is -2.38. The molecule has 0 spiro atoms. The van der Waals surface area contributed by atoms with Crippen LogP contribution in [0, 0.1) is 12.8 Å². The molecule has 7 heteroatoms. The van der Waals surface area contributed by atoms with Gasteiger partial charge in [0.05, 0.1) is 24.5 Å². The Morgan fingerprint density at radius 1 is 1.21 bits per heavy atom. The molecule has 0 radical (unpaired) electrons. The Labute approximate surface area is 166 Å². The molecule has 1 saturated heterocycles. The summed E-state index contributed by atoms with van der Waals surface area (Å²) in [5.41, 5.74) is 2.36. The third-order valence-corrected chi connectivity index (χ3v) is 6.77. The molecule has 1 aliphatic rings. The van der Waals surface area contributed by atoms with Crippen LogP contribution in [0.25, 0.3) is 0 Å². The molecule has 150 valence electrons. The van der Waals surface area contributed by atoms with Crippen LogP contribution in [0.1, 0.15) is 24.0 Å². The summed E-state index contributed by atoms with van der Waals surface area (Å²) in [4.78, 5) is 12.8. The van der Waals surface area contributed by atoms with Gasteiger partial charge >= 0.3 is 0 Å². The summed E-state index contributed by atoms with van der Waals surface area (Å²) in [6, 6.07) is 14.7. The van der Waals surface area contributed by atoms with Crippen molar-refractivity contribution in [1.82, 2.24) is 4.31 Å². The second kappa shape index (κ2) is 8.75. The molecule has 0 saturated carbocycles. The van der Waals surface area contributed by atoms with E-state index in [2.05, 4.69) is 5.32 Å². The lowest BCUT2D eigenvalue weighted by atomic mass is 9.98. The zero-order valence-corrected chi connectivity index (χ0v) is 17.0. The molecule has 1 heterocycles. The van der Waals surface area contributed by atoms with Crippen molar-refractivity contribution in [2.75, 3.05) is 25.5 Å². The lowest BCUT2D eigenvalue weighted by molar-refractivity contribution is -0.120. The van der Waals surface area contributed by atoms with Gasteiger partial charge in [0.15, 0.2) is 0 Å². The van der Waals surface area contributed by atoms with Crippen molar-refractivity contribution in [2.45, 2.75) is 25.5 Å². The van der Waals surface area contributed by atoms with Crippen LogP contribution in [0.4, 0.5) is 5.69 Å². The van der Waals surface area contributed by atoms with Crippen LogP contribution in [-0.2, 0) is 20.6 Å². The summed E-state index contributed by atoms with van der Waals surface area (Å²) < 4.78 is 32.4. The smallest absolute Gasteiger partial charge is 0.228 e. The van der Waals surface area contributed by atoms with Crippen LogP contribution >= 0.6 is 0 Å². The molecular formula is C21H26N2O4S. The van der Waals surface area contributed by atoms with Crippen molar-refractivity contribution >= 4 is 21.6 Å². The number of hydrogen-bond acceptors (Lipinski definition) is 4. The molecule has 28 heavy (non-hydrogen) atoms. The monoisotopic (exact) mass is 402 g/mol. The minimum Gasteiger partial charge on any atom is -0.495 e. The van der Waals surface area contributed by atoms with E-state index in [9.17, 15) is 13.2 Å². The number of carbonyl (C=O) groups excluding carboxylic acids is 1. The summed E-state index contributed by atoms with van der Waals surface area (Å²) in [6.07, 6.45) is 1.33. The Morgan fingerprint density at radius 3 is 2.68 bits per heavy atom. The van der Waals surface area contributed by atoms with Gasteiger partial charge in [0.2, 0.25) is 15.9 Å². The maximum Gasteiger partial charge on any atom is 0.228 e. The van der Waals surface area contributed by atoms with Crippen molar-refractivity contribution in [3.63, 3.8) is 0 Å². The number of nitrogens with one attached hydrogen (secondary N) is 1. The van der Waals surface area contributed by atoms with E-state index in [0.29, 0.717) is 30.8 Å². The van der Waals surface area contributed by atoms with Crippen LogP contribution in [0.15, 0.2) is 48.5 Å². The summed E-state index contributed by atoms with van der Waals surface area (Å²) in [5, 5.41) is 2.91. The van der Waals surface area contributed by atoms with E-state index in [4.69, 9.17) is 4.74 Å². The molecule has 3 rings (SSSR count). The minimum atomic E-state index is -3.47. The number of amides is 1. The molecule has 1 amide bonds. The van der Waals surface area contributed by atoms with E-state index in [1.807, 2.05) is 43.3 Å². The van der Waals surface area contributed by atoms with Gasteiger partial charge < -0.3 is 10.1 Å². The van der Waals surface area contributed by atoms with Gasteiger partial charge in [-0.25, -0.2) is 12.7 Å². The molecular weight excluding hydrogens is 376 g/mol. The molecule has 0 unspecified atom stereocenters. The standard InChI is InChI=1S/C21H26N2O4S/c1-16-10-11-20(27-2)19(13-16)22-21(24)18-9-6-12-23(14-18)28(25,26)15-17-7-4-3-5-8-17/h3-5,7-8,10-11,13,18H,6,9,12,14-15H2,1-2H3,(H,22,24)/t18-/m0/s1. The van der Waals surface area contributed by atoms with Crippen LogP contribution in [0.2, 0.25) is 0 Å². The van der Waals surface area contributed by atoms with E-state index in [1.165, 1.54) is 4.31 Å². The van der Waals surface area contributed by atoms with Gasteiger partial charge in [0, 0.05) is 13.1 Å². The number of carbonyl (C=O) groups is 1. The molecule has 1 atom stereocenters. The quantitative estimate of drug-likeness (QED) is 0.805. The Bertz CT molecular complexity index is 929. The topological polar surface area (TPSA) is 75.7 Å². The van der Waals surface area contributed by atoms with Crippen molar-refractivity contribution in [2.24, 2.45) is 5.92 Å². The number of ether oxygens (including phenoxy) is 1. The van der Waals surface area contributed by atoms with Gasteiger partial charge in [-0.1, -0.05) is 36.4 Å². The number of methoxy groups -OCH3 is 1. The van der Waals surface area contributed by atoms with E-state index < -0.39 is 10.0 Å². The van der Waals surface area contributed by atoms with Gasteiger partial charge in [0.25, 0.3) is 0 Å². The molecule has 1 N–H and O–H groups in total. The van der Waals surface area contributed by atoms with Gasteiger partial charge in [-0.15, -0.1) is 0 Å². The maximum atomic E-state index is 12.8. The number of aryl methyl sites for hydroxylation is 1. The normalized spacial score (nSPS) is 17.9. The molecule has 2 aromatic rings. The lowest BCUT2D eigenvalue weighted by Crippen LogP contribution is -2.44. The third kappa shape index (κ3) is 4.91. The second-order valence-corrected chi connectivity index (χ2v) is 9.10. The summed E-state index contributed by atoms with van der Waals surface area (Å²) in [7, 11) is -1.91. The van der Waals surface area contributed by atoms with Gasteiger partial charge in [-0.2, -0.15) is 0 Å². The largest absolute Gasteiger partial charge is 0.495 e. The average Bonchev–Trinajstić information content (AvgIpc) is 2.69. The van der Waals surface area contributed by atoms with E-state index in [1.54, 1.807) is 19.2 Å². The van der Waals surface area contributed by atoms with Crippen LogP contribution < -0.4 is 10.1 Å². The van der Waals surface area contributed by atoms with Crippen molar-refractivity contribution in [1.29, 1.82) is 0 Å². The highest BCUT2D eigenvalue weighted by molar-refractivity contribution is 7.88. The third-order valence-electron chi connectivity index (χ3n) is 4.95. The van der Waals surface area contributed by atoms with Crippen molar-refractivity contribution < 1.29 is 17.9 Å². The number of anilines is 1. The van der Waals surface area contributed by atoms with Gasteiger partial charge in [-0.3, -0.25) is 4.79 Å². The number of sulfonamides is 1. The van der Waals surface area contributed by atoms with Crippen molar-refractivity contribution in [3.8, 4) is 5.75 Å². The van der Waals surface area contributed by atoms with Gasteiger partial charge in [0.1, 0.15) is 5.75 Å². The fourth-order valence-electron chi connectivity index (χ4n) is 3.44. The first-order chi connectivity index (χ1) is 13.4. The highest BCUT2D eigenvalue weighted by Crippen LogP contribution is 2.28. The molecule has 2 aromatic carbocycles. The molecule has 0 bridgehead atoms. The summed E-state index contributed by atoms with van der Waals surface area (Å²) in [6.45, 7) is 2.59. The van der Waals surface area contributed by atoms with Crippen LogP contribution in [0.3, 0.4) is 0 Å². The number of benzene rings is 2. The minimum absolute atomic E-state index is 0.0477. The Balaban J connectivity index is 1.69. The first-order valence-electron chi connectivity index (χ1n) is 9.36. The number of rotatable bonds is 6. The average molecular weight is 403 g/mol.